The molecule has 0 bridgehead atoms. The largest absolute Gasteiger partial charge is 0.463 e. The van der Waals surface area contributed by atoms with Crippen LogP contribution in [0.4, 0.5) is 5.69 Å². The van der Waals surface area contributed by atoms with Gasteiger partial charge in [-0.15, -0.1) is 0 Å². The van der Waals surface area contributed by atoms with Gasteiger partial charge in [-0.1, -0.05) is 24.3 Å². The normalized spacial score (nSPS) is 9.07. The number of ether oxygens (including phenoxy) is 1. The summed E-state index contributed by atoms with van der Waals surface area (Å²) in [6.07, 6.45) is 0.00491. The van der Waals surface area contributed by atoms with Gasteiger partial charge in [-0.3, -0.25) is 4.79 Å². The molecule has 0 amide bonds. The number of ketones is 1. The van der Waals surface area contributed by atoms with Crippen LogP contribution in [0.15, 0.2) is 24.3 Å². The summed E-state index contributed by atoms with van der Waals surface area (Å²) < 4.78 is 4.29. The summed E-state index contributed by atoms with van der Waals surface area (Å²) in [7, 11) is 1.17. The number of hydrogen-bond donors (Lipinski definition) is 0. The zero-order chi connectivity index (χ0) is 11.3. The van der Waals surface area contributed by atoms with Crippen LogP contribution in [0.1, 0.15) is 5.56 Å². The van der Waals surface area contributed by atoms with Crippen molar-refractivity contribution in [2.75, 3.05) is 7.11 Å². The molecule has 0 aliphatic carbocycles. The van der Waals surface area contributed by atoms with E-state index in [4.69, 9.17) is 6.57 Å². The van der Waals surface area contributed by atoms with Crippen molar-refractivity contribution in [2.24, 2.45) is 0 Å². The second-order valence-electron chi connectivity index (χ2n) is 2.87. The molecule has 0 atom stereocenters. The molecule has 0 spiro atoms. The highest BCUT2D eigenvalue weighted by Crippen LogP contribution is 2.13. The average Bonchev–Trinajstić information content (AvgIpc) is 2.29. The molecule has 0 saturated heterocycles. The average molecular weight is 203 g/mol. The summed E-state index contributed by atoms with van der Waals surface area (Å²) in [5.74, 6) is -1.43. The van der Waals surface area contributed by atoms with E-state index in [1.807, 2.05) is 0 Å². The molecule has 0 aliphatic heterocycles. The highest BCUT2D eigenvalue weighted by Gasteiger charge is 2.13. The Balaban J connectivity index is 2.70. The number of carbonyl (C=O) groups excluding carboxylic acids is 2. The zero-order valence-corrected chi connectivity index (χ0v) is 8.19. The van der Waals surface area contributed by atoms with E-state index in [0.29, 0.717) is 11.3 Å². The van der Waals surface area contributed by atoms with Crippen LogP contribution < -0.4 is 0 Å². The fraction of sp³-hybridized carbons (Fsp3) is 0.182. The van der Waals surface area contributed by atoms with Gasteiger partial charge in [0.2, 0.25) is 5.78 Å². The SMILES string of the molecule is [C-]#[N+]c1ccc(CC(=O)C(=O)OC)cc1. The molecule has 1 aromatic carbocycles. The standard InChI is InChI=1S/C11H9NO3/c1-12-9-5-3-8(4-6-9)7-10(13)11(14)15-2/h3-6H,7H2,2H3. The lowest BCUT2D eigenvalue weighted by molar-refractivity contribution is -0.151. The van der Waals surface area contributed by atoms with Crippen molar-refractivity contribution in [3.05, 3.63) is 41.2 Å². The monoisotopic (exact) mass is 203 g/mol. The van der Waals surface area contributed by atoms with Crippen LogP contribution in [-0.2, 0) is 20.7 Å². The van der Waals surface area contributed by atoms with E-state index in [9.17, 15) is 9.59 Å². The van der Waals surface area contributed by atoms with Crippen LogP contribution >= 0.6 is 0 Å². The molecule has 0 N–H and O–H groups in total. The maximum Gasteiger partial charge on any atom is 0.374 e. The maximum atomic E-state index is 11.2. The van der Waals surface area contributed by atoms with E-state index >= 15 is 0 Å². The molecule has 0 aliphatic rings. The lowest BCUT2D eigenvalue weighted by Gasteiger charge is -1.99. The summed E-state index contributed by atoms with van der Waals surface area (Å²) in [5, 5.41) is 0. The molecule has 0 saturated carbocycles. The Bertz CT molecular complexity index is 414. The molecule has 4 nitrogen and oxygen atoms in total. The molecule has 0 heterocycles. The third-order valence-electron chi connectivity index (χ3n) is 1.84. The predicted octanol–water partition coefficient (Wildman–Crippen LogP) is 1.52. The second kappa shape index (κ2) is 4.91. The Hall–Kier alpha value is -2.15. The first kappa shape index (κ1) is 10.9. The predicted molar refractivity (Wildman–Crippen MR) is 53.4 cm³/mol. The highest BCUT2D eigenvalue weighted by molar-refractivity contribution is 6.34. The maximum absolute atomic E-state index is 11.2. The summed E-state index contributed by atoms with van der Waals surface area (Å²) in [6, 6.07) is 6.50. The van der Waals surface area contributed by atoms with Crippen molar-refractivity contribution in [2.45, 2.75) is 6.42 Å². The van der Waals surface area contributed by atoms with E-state index in [2.05, 4.69) is 9.58 Å². The van der Waals surface area contributed by atoms with Crippen molar-refractivity contribution < 1.29 is 14.3 Å². The summed E-state index contributed by atoms with van der Waals surface area (Å²) in [4.78, 5) is 25.2. The molecule has 0 unspecified atom stereocenters. The number of nitrogens with zero attached hydrogens (tertiary/aromatic N) is 1. The van der Waals surface area contributed by atoms with E-state index < -0.39 is 11.8 Å². The van der Waals surface area contributed by atoms with E-state index in [1.54, 1.807) is 24.3 Å². The number of esters is 1. The molecule has 15 heavy (non-hydrogen) atoms. The van der Waals surface area contributed by atoms with Gasteiger partial charge >= 0.3 is 5.97 Å². The molecule has 0 radical (unpaired) electrons. The minimum atomic E-state index is -0.843. The molecule has 1 rings (SSSR count). The molecule has 1 aromatic rings. The topological polar surface area (TPSA) is 47.7 Å². The number of methoxy groups -OCH3 is 1. The second-order valence-corrected chi connectivity index (χ2v) is 2.87. The van der Waals surface area contributed by atoms with Gasteiger partial charge < -0.3 is 4.74 Å². The smallest absolute Gasteiger partial charge is 0.374 e. The number of benzene rings is 1. The Morgan fingerprint density at radius 2 is 1.93 bits per heavy atom. The van der Waals surface area contributed by atoms with Crippen LogP contribution in [0.25, 0.3) is 4.85 Å². The van der Waals surface area contributed by atoms with Gasteiger partial charge in [0.25, 0.3) is 0 Å². The van der Waals surface area contributed by atoms with Gasteiger partial charge in [0, 0.05) is 6.42 Å². The summed E-state index contributed by atoms with van der Waals surface area (Å²) >= 11 is 0. The number of carbonyl (C=O) groups is 2. The highest BCUT2D eigenvalue weighted by atomic mass is 16.5. The van der Waals surface area contributed by atoms with Crippen LogP contribution in [0, 0.1) is 6.57 Å². The van der Waals surface area contributed by atoms with Crippen molar-refractivity contribution in [1.82, 2.24) is 0 Å². The minimum absolute atomic E-state index is 0.00491. The fourth-order valence-electron chi connectivity index (χ4n) is 1.06. The van der Waals surface area contributed by atoms with Crippen molar-refractivity contribution in [1.29, 1.82) is 0 Å². The molecular formula is C11H9NO3. The Morgan fingerprint density at radius 1 is 1.33 bits per heavy atom. The lowest BCUT2D eigenvalue weighted by atomic mass is 10.1. The van der Waals surface area contributed by atoms with E-state index in [1.165, 1.54) is 7.11 Å². The first-order valence-corrected chi connectivity index (χ1v) is 4.25. The molecule has 4 heteroatoms. The van der Waals surface area contributed by atoms with Gasteiger partial charge in [-0.2, -0.15) is 0 Å². The van der Waals surface area contributed by atoms with Crippen LogP contribution in [0.5, 0.6) is 0 Å². The fourth-order valence-corrected chi connectivity index (χ4v) is 1.06. The first-order chi connectivity index (χ1) is 7.17. The summed E-state index contributed by atoms with van der Waals surface area (Å²) in [5.41, 5.74) is 1.20. The molecular weight excluding hydrogens is 194 g/mol. The number of hydrogen-bond acceptors (Lipinski definition) is 3. The van der Waals surface area contributed by atoms with Crippen LogP contribution in [0.3, 0.4) is 0 Å². The Labute approximate surface area is 87.3 Å². The quantitative estimate of drug-likeness (QED) is 0.425. The van der Waals surface area contributed by atoms with Crippen molar-refractivity contribution in [3.63, 3.8) is 0 Å². The molecule has 76 valence electrons. The van der Waals surface area contributed by atoms with Gasteiger partial charge in [0.1, 0.15) is 0 Å². The first-order valence-electron chi connectivity index (χ1n) is 4.25. The zero-order valence-electron chi connectivity index (χ0n) is 8.19. The van der Waals surface area contributed by atoms with E-state index in [0.717, 1.165) is 0 Å². The van der Waals surface area contributed by atoms with Gasteiger partial charge in [0.05, 0.1) is 13.7 Å². The van der Waals surface area contributed by atoms with Gasteiger partial charge in [0.15, 0.2) is 5.69 Å². The lowest BCUT2D eigenvalue weighted by Crippen LogP contribution is -2.17. The van der Waals surface area contributed by atoms with Crippen LogP contribution in [0.2, 0.25) is 0 Å². The summed E-state index contributed by atoms with van der Waals surface area (Å²) in [6.45, 7) is 6.74. The Kier molecular flexibility index (Phi) is 3.58. The third-order valence-corrected chi connectivity index (χ3v) is 1.84. The van der Waals surface area contributed by atoms with Crippen molar-refractivity contribution in [3.8, 4) is 0 Å². The van der Waals surface area contributed by atoms with Gasteiger partial charge in [-0.25, -0.2) is 9.64 Å². The van der Waals surface area contributed by atoms with Crippen molar-refractivity contribution >= 4 is 17.4 Å². The molecule has 0 aromatic heterocycles. The van der Waals surface area contributed by atoms with E-state index in [-0.39, 0.29) is 6.42 Å². The third kappa shape index (κ3) is 2.92. The molecule has 0 fully saturated rings. The number of Topliss-reactive ketones (excluding diaryl/α,β-unsaturated/α-hetero) is 1. The number of rotatable bonds is 3. The van der Waals surface area contributed by atoms with Gasteiger partial charge in [-0.05, 0) is 5.56 Å². The minimum Gasteiger partial charge on any atom is -0.463 e. The Morgan fingerprint density at radius 3 is 2.40 bits per heavy atom. The van der Waals surface area contributed by atoms with Crippen LogP contribution in [-0.4, -0.2) is 18.9 Å².